The molecule has 30 heavy (non-hydrogen) atoms. The first-order chi connectivity index (χ1) is 14.0. The Morgan fingerprint density at radius 1 is 1.43 bits per heavy atom. The van der Waals surface area contributed by atoms with Gasteiger partial charge in [-0.05, 0) is 38.3 Å². The van der Waals surface area contributed by atoms with Crippen molar-refractivity contribution in [1.29, 1.82) is 0 Å². The molecule has 1 unspecified atom stereocenters. The van der Waals surface area contributed by atoms with Crippen molar-refractivity contribution in [2.24, 2.45) is 5.73 Å². The summed E-state index contributed by atoms with van der Waals surface area (Å²) in [5, 5.41) is 10.6. The van der Waals surface area contributed by atoms with Crippen molar-refractivity contribution in [1.82, 2.24) is 9.88 Å². The van der Waals surface area contributed by atoms with Crippen LogP contribution in [-0.4, -0.2) is 58.8 Å². The number of aromatic amines is 1. The molecule has 3 rings (SSSR count). The third kappa shape index (κ3) is 3.71. The second-order valence-corrected chi connectivity index (χ2v) is 7.69. The van der Waals surface area contributed by atoms with Crippen molar-refractivity contribution in [3.05, 3.63) is 28.7 Å². The highest BCUT2D eigenvalue weighted by molar-refractivity contribution is 6.10. The molecular weight excluding hydrogens is 394 g/mol. The Balaban J connectivity index is 2.15. The van der Waals surface area contributed by atoms with Crippen LogP contribution in [0.15, 0.2) is 6.07 Å². The predicted octanol–water partition coefficient (Wildman–Crippen LogP) is 1.74. The number of nitrogens with one attached hydrogen (secondary N) is 1. The van der Waals surface area contributed by atoms with Gasteiger partial charge in [-0.25, -0.2) is 8.78 Å². The highest BCUT2D eigenvalue weighted by Crippen LogP contribution is 2.39. The molecule has 1 aromatic heterocycles. The molecule has 0 aliphatic carbocycles. The molecule has 160 valence electrons. The Hall–Kier alpha value is -3.12. The van der Waals surface area contributed by atoms with Crippen LogP contribution >= 0.6 is 0 Å². The van der Waals surface area contributed by atoms with Crippen molar-refractivity contribution in [2.75, 3.05) is 25.0 Å². The number of piperidine rings is 1. The van der Waals surface area contributed by atoms with E-state index in [9.17, 15) is 19.1 Å². The van der Waals surface area contributed by atoms with Crippen LogP contribution in [0.25, 0.3) is 10.9 Å². The van der Waals surface area contributed by atoms with Gasteiger partial charge < -0.3 is 25.6 Å². The van der Waals surface area contributed by atoms with Gasteiger partial charge in [0.15, 0.2) is 0 Å². The third-order valence-electron chi connectivity index (χ3n) is 5.60. The van der Waals surface area contributed by atoms with Crippen molar-refractivity contribution in [3.63, 3.8) is 0 Å². The number of H-pyrrole nitrogens is 1. The number of nitrogens with zero attached hydrogens (tertiary/aromatic N) is 2. The number of hydrogen-bond acceptors (Lipinski definition) is 4. The molecule has 0 spiro atoms. The smallest absolute Gasteiger partial charge is 0.298 e. The minimum Gasteiger partial charge on any atom is -0.366 e. The van der Waals surface area contributed by atoms with E-state index in [1.54, 1.807) is 13.8 Å². The molecule has 9 heteroatoms. The summed E-state index contributed by atoms with van der Waals surface area (Å²) in [5.74, 6) is 0.131. The molecular formula is C21H24F2N4O3. The normalized spacial score (nSPS) is 21.3. The number of anilines is 1. The first-order valence-corrected chi connectivity index (χ1v) is 9.43. The lowest BCUT2D eigenvalue weighted by Gasteiger charge is -2.43. The summed E-state index contributed by atoms with van der Waals surface area (Å²) in [6.07, 6.45) is -0.327. The maximum Gasteiger partial charge on any atom is 0.298 e. The summed E-state index contributed by atoms with van der Waals surface area (Å²) in [7, 11) is 1.46. The van der Waals surface area contributed by atoms with Crippen LogP contribution in [0.3, 0.4) is 0 Å². The number of β-amino-alcohol motifs (C(OH)–C–C–N with tert-alkyl or cyclic N) is 1. The summed E-state index contributed by atoms with van der Waals surface area (Å²) in [5.41, 5.74) is 7.16. The third-order valence-corrected chi connectivity index (χ3v) is 5.60. The Morgan fingerprint density at radius 3 is 2.70 bits per heavy atom. The average molecular weight is 418 g/mol. The van der Waals surface area contributed by atoms with Gasteiger partial charge in [-0.2, -0.15) is 0 Å². The van der Waals surface area contributed by atoms with E-state index in [4.69, 9.17) is 5.73 Å². The maximum atomic E-state index is 15.2. The van der Waals surface area contributed by atoms with Gasteiger partial charge in [0, 0.05) is 31.1 Å². The number of benzene rings is 1. The number of halogens is 2. The van der Waals surface area contributed by atoms with Gasteiger partial charge in [-0.1, -0.05) is 5.92 Å². The first kappa shape index (κ1) is 21.6. The zero-order chi connectivity index (χ0) is 22.4. The zero-order valence-corrected chi connectivity index (χ0v) is 17.3. The lowest BCUT2D eigenvalue weighted by molar-refractivity contribution is -0.134. The van der Waals surface area contributed by atoms with Crippen molar-refractivity contribution >= 4 is 28.4 Å². The van der Waals surface area contributed by atoms with Crippen LogP contribution in [0.4, 0.5) is 14.5 Å². The minimum atomic E-state index is -2.66. The van der Waals surface area contributed by atoms with Crippen molar-refractivity contribution in [2.45, 2.75) is 39.1 Å². The van der Waals surface area contributed by atoms with Gasteiger partial charge in [-0.15, -0.1) is 0 Å². The molecule has 2 amide bonds. The molecule has 1 aliphatic rings. The van der Waals surface area contributed by atoms with E-state index in [1.165, 1.54) is 23.8 Å². The number of fused-ring (bicyclic) bond motifs is 1. The molecule has 1 aromatic carbocycles. The van der Waals surface area contributed by atoms with E-state index in [0.29, 0.717) is 22.2 Å². The summed E-state index contributed by atoms with van der Waals surface area (Å²) in [6.45, 7) is 4.61. The number of nitrogens with two attached hydrogens (primary N) is 1. The number of primary amides is 1. The summed E-state index contributed by atoms with van der Waals surface area (Å²) in [6, 6.07) is 0.265. The number of aromatic nitrogens is 1. The van der Waals surface area contributed by atoms with Crippen LogP contribution < -0.4 is 10.6 Å². The van der Waals surface area contributed by atoms with Gasteiger partial charge >= 0.3 is 0 Å². The van der Waals surface area contributed by atoms with Crippen LogP contribution in [0.1, 0.15) is 35.0 Å². The molecule has 4 N–H and O–H groups in total. The SMILES string of the molecule is CC#CC(=O)N(C)[C@@H]1CN(c2c(F)cc(C(N)=O)c3[nH]c(C)c(C)c23)CC(O)(F)C1. The molecule has 2 aromatic rings. The molecule has 2 heterocycles. The van der Waals surface area contributed by atoms with E-state index in [1.807, 2.05) is 0 Å². The topological polar surface area (TPSA) is 103 Å². The largest absolute Gasteiger partial charge is 0.366 e. The molecule has 2 atom stereocenters. The van der Waals surface area contributed by atoms with Crippen LogP contribution in [-0.2, 0) is 4.79 Å². The summed E-state index contributed by atoms with van der Waals surface area (Å²) < 4.78 is 30.1. The molecule has 7 nitrogen and oxygen atoms in total. The summed E-state index contributed by atoms with van der Waals surface area (Å²) >= 11 is 0. The number of hydrogen-bond donors (Lipinski definition) is 3. The molecule has 1 fully saturated rings. The van der Waals surface area contributed by atoms with E-state index in [2.05, 4.69) is 16.8 Å². The van der Waals surface area contributed by atoms with E-state index in [-0.39, 0.29) is 24.2 Å². The van der Waals surface area contributed by atoms with E-state index in [0.717, 1.165) is 6.07 Å². The van der Waals surface area contributed by atoms with Crippen LogP contribution in [0.2, 0.25) is 0 Å². The number of amides is 2. The standard InChI is InChI=1S/C21H24F2N4O3/c1-5-6-16(28)26(4)13-8-21(23,30)10-27(9-13)19-15(22)7-14(20(24)29)18-17(19)11(2)12(3)25-18/h7,13,25,30H,8-10H2,1-4H3,(H2,24,29)/t13-,21?/m0/s1. The Kier molecular flexibility index (Phi) is 5.48. The number of rotatable bonds is 3. The van der Waals surface area contributed by atoms with Gasteiger partial charge in [0.05, 0.1) is 29.4 Å². The van der Waals surface area contributed by atoms with Crippen LogP contribution in [0.5, 0.6) is 0 Å². The predicted molar refractivity (Wildman–Crippen MR) is 109 cm³/mol. The number of alkyl halides is 1. The Morgan fingerprint density at radius 2 is 2.10 bits per heavy atom. The molecule has 0 saturated carbocycles. The van der Waals surface area contributed by atoms with Crippen LogP contribution in [0, 0.1) is 31.5 Å². The van der Waals surface area contributed by atoms with Gasteiger partial charge in [0.1, 0.15) is 5.82 Å². The lowest BCUT2D eigenvalue weighted by atomic mass is 9.97. The Labute approximate surface area is 172 Å². The van der Waals surface area contributed by atoms with Gasteiger partial charge in [-0.3, -0.25) is 9.59 Å². The molecule has 0 bridgehead atoms. The fourth-order valence-electron chi connectivity index (χ4n) is 4.00. The number of carbonyl (C=O) groups is 2. The van der Waals surface area contributed by atoms with Gasteiger partial charge in [0.25, 0.3) is 11.8 Å². The zero-order valence-electron chi connectivity index (χ0n) is 17.3. The number of carbonyl (C=O) groups excluding carboxylic acids is 2. The number of aryl methyl sites for hydroxylation is 2. The fraction of sp³-hybridized carbons (Fsp3) is 0.429. The lowest BCUT2D eigenvalue weighted by Crippen LogP contribution is -2.57. The number of aliphatic hydroxyl groups is 1. The quantitative estimate of drug-likeness (QED) is 0.661. The summed E-state index contributed by atoms with van der Waals surface area (Å²) in [4.78, 5) is 29.6. The number of likely N-dealkylation sites (N-methyl/N-ethyl adjacent to an activating group) is 1. The van der Waals surface area contributed by atoms with Crippen molar-refractivity contribution in [3.8, 4) is 11.8 Å². The first-order valence-electron chi connectivity index (χ1n) is 9.43. The van der Waals surface area contributed by atoms with Crippen molar-refractivity contribution < 1.29 is 23.5 Å². The molecule has 0 radical (unpaired) electrons. The highest BCUT2D eigenvalue weighted by atomic mass is 19.2. The Bertz CT molecular complexity index is 1100. The van der Waals surface area contributed by atoms with Gasteiger partial charge in [0.2, 0.25) is 5.85 Å². The molecule has 1 saturated heterocycles. The van der Waals surface area contributed by atoms with E-state index < -0.39 is 36.1 Å². The maximum absolute atomic E-state index is 15.2. The minimum absolute atomic E-state index is 0.0166. The second kappa shape index (κ2) is 7.61. The molecule has 1 aliphatic heterocycles. The average Bonchev–Trinajstić information content (AvgIpc) is 2.94. The fourth-order valence-corrected chi connectivity index (χ4v) is 4.00. The monoisotopic (exact) mass is 418 g/mol. The van der Waals surface area contributed by atoms with E-state index >= 15 is 4.39 Å². The highest BCUT2D eigenvalue weighted by Gasteiger charge is 2.42. The second-order valence-electron chi connectivity index (χ2n) is 7.69.